The highest BCUT2D eigenvalue weighted by molar-refractivity contribution is 6.30. The number of aliphatic hydroxyl groups is 1. The second-order valence-corrected chi connectivity index (χ2v) is 5.73. The molecular weight excluding hydrogens is 291 g/mol. The van der Waals surface area contributed by atoms with Gasteiger partial charge in [-0.2, -0.15) is 13.2 Å². The molecule has 20 heavy (non-hydrogen) atoms. The number of alkyl halides is 3. The highest BCUT2D eigenvalue weighted by Crippen LogP contribution is 2.39. The maximum absolute atomic E-state index is 13.0. The quantitative estimate of drug-likeness (QED) is 0.889. The van der Waals surface area contributed by atoms with Crippen LogP contribution in [0.3, 0.4) is 0 Å². The fourth-order valence-electron chi connectivity index (χ4n) is 2.84. The molecule has 112 valence electrons. The number of nitrogens with two attached hydrogens (primary N) is 1. The van der Waals surface area contributed by atoms with Gasteiger partial charge in [0, 0.05) is 5.02 Å². The van der Waals surface area contributed by atoms with Crippen LogP contribution in [0.25, 0.3) is 0 Å². The van der Waals surface area contributed by atoms with Crippen LogP contribution in [0, 0.1) is 5.92 Å². The molecule has 1 saturated carbocycles. The molecular formula is C14H17ClF3NO. The Labute approximate surface area is 120 Å². The van der Waals surface area contributed by atoms with Gasteiger partial charge in [0.2, 0.25) is 0 Å². The van der Waals surface area contributed by atoms with Crippen LogP contribution in [0.5, 0.6) is 0 Å². The van der Waals surface area contributed by atoms with Gasteiger partial charge in [-0.05, 0) is 36.5 Å². The van der Waals surface area contributed by atoms with E-state index in [1.165, 1.54) is 12.1 Å². The fourth-order valence-corrected chi connectivity index (χ4v) is 3.01. The normalized spacial score (nSPS) is 20.1. The van der Waals surface area contributed by atoms with Gasteiger partial charge >= 0.3 is 6.18 Å². The van der Waals surface area contributed by atoms with Crippen molar-refractivity contribution in [3.63, 3.8) is 0 Å². The van der Waals surface area contributed by atoms with Crippen molar-refractivity contribution in [2.75, 3.05) is 0 Å². The van der Waals surface area contributed by atoms with E-state index in [9.17, 15) is 18.3 Å². The molecule has 3 N–H and O–H groups in total. The number of aliphatic hydroxyl groups excluding tert-OH is 1. The zero-order valence-corrected chi connectivity index (χ0v) is 11.6. The number of hydrogen-bond donors (Lipinski definition) is 2. The van der Waals surface area contributed by atoms with E-state index in [0.29, 0.717) is 0 Å². The maximum atomic E-state index is 13.0. The van der Waals surface area contributed by atoms with Crippen molar-refractivity contribution in [1.82, 2.24) is 0 Å². The topological polar surface area (TPSA) is 46.2 Å². The minimum absolute atomic E-state index is 0.00336. The Balaban J connectivity index is 2.31. The number of halogens is 4. The molecule has 0 unspecified atom stereocenters. The van der Waals surface area contributed by atoms with E-state index in [1.54, 1.807) is 0 Å². The third-order valence-electron chi connectivity index (χ3n) is 3.93. The van der Waals surface area contributed by atoms with Crippen molar-refractivity contribution >= 4 is 11.6 Å². The first-order valence-electron chi connectivity index (χ1n) is 6.61. The average Bonchev–Trinajstić information content (AvgIpc) is 2.89. The molecule has 1 fully saturated rings. The third kappa shape index (κ3) is 3.27. The minimum atomic E-state index is -4.53. The van der Waals surface area contributed by atoms with Crippen molar-refractivity contribution in [3.8, 4) is 0 Å². The van der Waals surface area contributed by atoms with Crippen molar-refractivity contribution in [1.29, 1.82) is 0 Å². The lowest BCUT2D eigenvalue weighted by Crippen LogP contribution is -2.33. The van der Waals surface area contributed by atoms with E-state index in [4.69, 9.17) is 17.3 Å². The van der Waals surface area contributed by atoms with Crippen LogP contribution in [0.4, 0.5) is 13.2 Å². The summed E-state index contributed by atoms with van der Waals surface area (Å²) in [6.45, 7) is 0. The first kappa shape index (κ1) is 15.6. The molecule has 0 aliphatic heterocycles. The van der Waals surface area contributed by atoms with Gasteiger partial charge in [0.25, 0.3) is 0 Å². The molecule has 1 aliphatic rings. The Morgan fingerprint density at radius 2 is 1.85 bits per heavy atom. The average molecular weight is 308 g/mol. The molecule has 0 spiro atoms. The summed E-state index contributed by atoms with van der Waals surface area (Å²) in [5.41, 5.74) is 4.91. The SMILES string of the molecule is N[C@H](c1ccc(Cl)cc1C(F)(F)F)[C@@H](O)C1CCCC1. The molecule has 2 rings (SSSR count). The Morgan fingerprint density at radius 1 is 1.25 bits per heavy atom. The molecule has 0 heterocycles. The summed E-state index contributed by atoms with van der Waals surface area (Å²) >= 11 is 5.63. The largest absolute Gasteiger partial charge is 0.416 e. The second-order valence-electron chi connectivity index (χ2n) is 5.29. The van der Waals surface area contributed by atoms with Crippen LogP contribution in [-0.4, -0.2) is 11.2 Å². The molecule has 6 heteroatoms. The lowest BCUT2D eigenvalue weighted by Gasteiger charge is -2.27. The maximum Gasteiger partial charge on any atom is 0.416 e. The molecule has 2 atom stereocenters. The summed E-state index contributed by atoms with van der Waals surface area (Å²) in [6.07, 6.45) is -1.90. The summed E-state index contributed by atoms with van der Waals surface area (Å²) in [4.78, 5) is 0. The molecule has 1 aromatic carbocycles. The van der Waals surface area contributed by atoms with Gasteiger partial charge in [-0.1, -0.05) is 30.5 Å². The van der Waals surface area contributed by atoms with Crippen LogP contribution >= 0.6 is 11.6 Å². The van der Waals surface area contributed by atoms with Crippen LogP contribution in [0.2, 0.25) is 5.02 Å². The number of benzene rings is 1. The van der Waals surface area contributed by atoms with E-state index in [2.05, 4.69) is 0 Å². The van der Waals surface area contributed by atoms with Crippen molar-refractivity contribution in [3.05, 3.63) is 34.3 Å². The van der Waals surface area contributed by atoms with Crippen molar-refractivity contribution < 1.29 is 18.3 Å². The van der Waals surface area contributed by atoms with Gasteiger partial charge in [-0.15, -0.1) is 0 Å². The Morgan fingerprint density at radius 3 is 2.40 bits per heavy atom. The van der Waals surface area contributed by atoms with E-state index in [0.717, 1.165) is 31.7 Å². The Kier molecular flexibility index (Phi) is 4.62. The van der Waals surface area contributed by atoms with Crippen LogP contribution in [0.1, 0.15) is 42.9 Å². The molecule has 0 amide bonds. The van der Waals surface area contributed by atoms with E-state index < -0.39 is 23.9 Å². The van der Waals surface area contributed by atoms with Gasteiger partial charge in [0.15, 0.2) is 0 Å². The fraction of sp³-hybridized carbons (Fsp3) is 0.571. The summed E-state index contributed by atoms with van der Waals surface area (Å²) in [5, 5.41) is 10.2. The summed E-state index contributed by atoms with van der Waals surface area (Å²) in [5.74, 6) is -0.0261. The minimum Gasteiger partial charge on any atom is -0.391 e. The van der Waals surface area contributed by atoms with Gasteiger partial charge in [-0.25, -0.2) is 0 Å². The molecule has 0 bridgehead atoms. The molecule has 0 aromatic heterocycles. The molecule has 1 aromatic rings. The summed E-state index contributed by atoms with van der Waals surface area (Å²) in [6, 6.07) is 2.44. The van der Waals surface area contributed by atoms with Crippen molar-refractivity contribution in [2.45, 2.75) is 44.0 Å². The Hall–Kier alpha value is -0.780. The third-order valence-corrected chi connectivity index (χ3v) is 4.17. The zero-order valence-electron chi connectivity index (χ0n) is 10.8. The predicted octanol–water partition coefficient (Wildman–Crippen LogP) is 3.91. The Bertz CT molecular complexity index is 472. The second kappa shape index (κ2) is 5.92. The zero-order chi connectivity index (χ0) is 14.9. The highest BCUT2D eigenvalue weighted by Gasteiger charge is 2.38. The van der Waals surface area contributed by atoms with Crippen molar-refractivity contribution in [2.24, 2.45) is 11.7 Å². The van der Waals surface area contributed by atoms with Gasteiger partial charge in [-0.3, -0.25) is 0 Å². The number of hydrogen-bond acceptors (Lipinski definition) is 2. The van der Waals surface area contributed by atoms with E-state index in [1.807, 2.05) is 0 Å². The highest BCUT2D eigenvalue weighted by atomic mass is 35.5. The van der Waals surface area contributed by atoms with E-state index >= 15 is 0 Å². The molecule has 0 saturated heterocycles. The van der Waals surface area contributed by atoms with Gasteiger partial charge < -0.3 is 10.8 Å². The first-order valence-corrected chi connectivity index (χ1v) is 6.99. The van der Waals surface area contributed by atoms with Gasteiger partial charge in [0.1, 0.15) is 0 Å². The predicted molar refractivity (Wildman–Crippen MR) is 71.3 cm³/mol. The summed E-state index contributed by atoms with van der Waals surface area (Å²) < 4.78 is 39.1. The monoisotopic (exact) mass is 307 g/mol. The lowest BCUT2D eigenvalue weighted by molar-refractivity contribution is -0.138. The van der Waals surface area contributed by atoms with Crippen LogP contribution in [0.15, 0.2) is 18.2 Å². The summed E-state index contributed by atoms with van der Waals surface area (Å²) in [7, 11) is 0. The smallest absolute Gasteiger partial charge is 0.391 e. The standard InChI is InChI=1S/C14H17ClF3NO/c15-9-5-6-10(11(7-9)14(16,17)18)12(19)13(20)8-3-1-2-4-8/h5-8,12-13,20H,1-4,19H2/t12-,13+/m1/s1. The molecule has 0 radical (unpaired) electrons. The lowest BCUT2D eigenvalue weighted by atomic mass is 9.88. The van der Waals surface area contributed by atoms with E-state index in [-0.39, 0.29) is 16.5 Å². The first-order chi connectivity index (χ1) is 9.30. The van der Waals surface area contributed by atoms with Gasteiger partial charge in [0.05, 0.1) is 17.7 Å². The van der Waals surface area contributed by atoms with Crippen LogP contribution in [-0.2, 0) is 6.18 Å². The molecule has 1 aliphatic carbocycles. The molecule has 2 nitrogen and oxygen atoms in total. The van der Waals surface area contributed by atoms with Crippen LogP contribution < -0.4 is 5.73 Å². The number of rotatable bonds is 3.